The van der Waals surface area contributed by atoms with E-state index in [4.69, 9.17) is 9.47 Å². The van der Waals surface area contributed by atoms with Crippen LogP contribution in [0.2, 0.25) is 0 Å². The van der Waals surface area contributed by atoms with Crippen LogP contribution in [0.4, 0.5) is 0 Å². The van der Waals surface area contributed by atoms with Gasteiger partial charge < -0.3 is 19.7 Å². The van der Waals surface area contributed by atoms with Gasteiger partial charge in [0.25, 0.3) is 0 Å². The van der Waals surface area contributed by atoms with Gasteiger partial charge in [0.2, 0.25) is 0 Å². The molecule has 4 nitrogen and oxygen atoms in total. The Morgan fingerprint density at radius 3 is 2.94 bits per heavy atom. The highest BCUT2D eigenvalue weighted by molar-refractivity contribution is 4.72. The van der Waals surface area contributed by atoms with E-state index in [0.717, 1.165) is 32.9 Å². The Morgan fingerprint density at radius 1 is 1.56 bits per heavy atom. The molecule has 1 N–H and O–H groups in total. The van der Waals surface area contributed by atoms with Crippen molar-refractivity contribution in [1.29, 1.82) is 0 Å². The predicted molar refractivity (Wildman–Crippen MR) is 65.8 cm³/mol. The molecule has 0 bridgehead atoms. The summed E-state index contributed by atoms with van der Waals surface area (Å²) in [5.41, 5.74) is 0. The number of likely N-dealkylation sites (N-methyl/N-ethyl adjacent to an activating group) is 2. The van der Waals surface area contributed by atoms with Crippen molar-refractivity contribution in [3.63, 3.8) is 0 Å². The highest BCUT2D eigenvalue weighted by atomic mass is 16.5. The zero-order valence-corrected chi connectivity index (χ0v) is 10.9. The van der Waals surface area contributed by atoms with Crippen molar-refractivity contribution in [3.8, 4) is 0 Å². The maximum Gasteiger partial charge on any atom is 0.0628 e. The molecule has 96 valence electrons. The smallest absolute Gasteiger partial charge is 0.0628 e. The summed E-state index contributed by atoms with van der Waals surface area (Å²) in [6.07, 6.45) is 2.52. The van der Waals surface area contributed by atoms with Gasteiger partial charge >= 0.3 is 0 Å². The number of methoxy groups -OCH3 is 1. The molecule has 2 atom stereocenters. The second-order valence-electron chi connectivity index (χ2n) is 4.75. The topological polar surface area (TPSA) is 33.7 Å². The van der Waals surface area contributed by atoms with Crippen LogP contribution in [0.3, 0.4) is 0 Å². The van der Waals surface area contributed by atoms with Crippen molar-refractivity contribution in [1.82, 2.24) is 10.2 Å². The summed E-state index contributed by atoms with van der Waals surface area (Å²) in [7, 11) is 5.91. The molecule has 0 aromatic rings. The van der Waals surface area contributed by atoms with Gasteiger partial charge in [0.05, 0.1) is 13.2 Å². The van der Waals surface area contributed by atoms with E-state index in [2.05, 4.69) is 17.3 Å². The van der Waals surface area contributed by atoms with Gasteiger partial charge in [-0.3, -0.25) is 0 Å². The molecule has 1 fully saturated rings. The van der Waals surface area contributed by atoms with Crippen molar-refractivity contribution in [2.75, 3.05) is 54.1 Å². The lowest BCUT2D eigenvalue weighted by Gasteiger charge is -2.29. The highest BCUT2D eigenvalue weighted by Crippen LogP contribution is 2.14. The molecule has 4 heteroatoms. The third-order valence-electron chi connectivity index (χ3n) is 3.13. The number of ether oxygens (including phenoxy) is 2. The van der Waals surface area contributed by atoms with Gasteiger partial charge in [-0.25, -0.2) is 0 Å². The maximum atomic E-state index is 5.49. The predicted octanol–water partition coefficient (Wildman–Crippen LogP) is 0.579. The molecule has 16 heavy (non-hydrogen) atoms. The molecule has 0 amide bonds. The van der Waals surface area contributed by atoms with Crippen LogP contribution in [0.15, 0.2) is 0 Å². The molecule has 0 aliphatic carbocycles. The van der Waals surface area contributed by atoms with Crippen LogP contribution < -0.4 is 5.32 Å². The number of hydrogen-bond donors (Lipinski definition) is 1. The third-order valence-corrected chi connectivity index (χ3v) is 3.13. The first-order valence-electron chi connectivity index (χ1n) is 6.18. The molecule has 0 radical (unpaired) electrons. The summed E-state index contributed by atoms with van der Waals surface area (Å²) in [5, 5.41) is 3.27. The molecule has 2 unspecified atom stereocenters. The average molecular weight is 230 g/mol. The fourth-order valence-electron chi connectivity index (χ4n) is 2.27. The van der Waals surface area contributed by atoms with Gasteiger partial charge in [0.15, 0.2) is 0 Å². The Bertz CT molecular complexity index is 166. The zero-order valence-electron chi connectivity index (χ0n) is 10.9. The highest BCUT2D eigenvalue weighted by Gasteiger charge is 2.17. The Balaban J connectivity index is 2.19. The van der Waals surface area contributed by atoms with Gasteiger partial charge in [-0.1, -0.05) is 0 Å². The minimum atomic E-state index is 0.416. The van der Waals surface area contributed by atoms with E-state index in [1.54, 1.807) is 7.11 Å². The first kappa shape index (κ1) is 13.9. The normalized spacial score (nSPS) is 23.6. The molecule has 1 saturated heterocycles. The quantitative estimate of drug-likeness (QED) is 0.694. The molecule has 1 aliphatic rings. The van der Waals surface area contributed by atoms with E-state index in [1.165, 1.54) is 12.8 Å². The van der Waals surface area contributed by atoms with E-state index >= 15 is 0 Å². The molecule has 1 heterocycles. The van der Waals surface area contributed by atoms with Gasteiger partial charge in [-0.05, 0) is 32.9 Å². The lowest BCUT2D eigenvalue weighted by Crippen LogP contribution is -2.43. The van der Waals surface area contributed by atoms with E-state index in [0.29, 0.717) is 12.0 Å². The zero-order chi connectivity index (χ0) is 11.8. The summed E-state index contributed by atoms with van der Waals surface area (Å²) >= 11 is 0. The number of nitrogens with zero attached hydrogens (tertiary/aromatic N) is 1. The fourth-order valence-corrected chi connectivity index (χ4v) is 2.27. The summed E-state index contributed by atoms with van der Waals surface area (Å²) in [4.78, 5) is 2.37. The standard InChI is InChI=1S/C12H26N2O2/c1-13-12(10-15-3)8-14(2)7-11-5-4-6-16-9-11/h11-13H,4-10H2,1-3H3. The number of hydrogen-bond acceptors (Lipinski definition) is 4. The summed E-state index contributed by atoms with van der Waals surface area (Å²) < 4.78 is 10.7. The summed E-state index contributed by atoms with van der Waals surface area (Å²) in [5.74, 6) is 0.707. The molecule has 1 rings (SSSR count). The van der Waals surface area contributed by atoms with Crippen LogP contribution in [0.5, 0.6) is 0 Å². The lowest BCUT2D eigenvalue weighted by atomic mass is 10.0. The molecule has 1 aliphatic heterocycles. The SMILES string of the molecule is CNC(COC)CN(C)CC1CCCOC1. The van der Waals surface area contributed by atoms with Crippen LogP contribution in [0, 0.1) is 5.92 Å². The van der Waals surface area contributed by atoms with Crippen molar-refractivity contribution >= 4 is 0 Å². The van der Waals surface area contributed by atoms with Crippen molar-refractivity contribution in [3.05, 3.63) is 0 Å². The van der Waals surface area contributed by atoms with Crippen molar-refractivity contribution in [2.24, 2.45) is 5.92 Å². The van der Waals surface area contributed by atoms with Crippen LogP contribution in [0.1, 0.15) is 12.8 Å². The Kier molecular flexibility index (Phi) is 6.96. The minimum Gasteiger partial charge on any atom is -0.383 e. The van der Waals surface area contributed by atoms with E-state index < -0.39 is 0 Å². The fraction of sp³-hybridized carbons (Fsp3) is 1.00. The number of rotatable bonds is 7. The monoisotopic (exact) mass is 230 g/mol. The van der Waals surface area contributed by atoms with Crippen LogP contribution in [-0.2, 0) is 9.47 Å². The third kappa shape index (κ3) is 5.25. The Morgan fingerprint density at radius 2 is 2.38 bits per heavy atom. The second-order valence-corrected chi connectivity index (χ2v) is 4.75. The van der Waals surface area contributed by atoms with Crippen molar-refractivity contribution < 1.29 is 9.47 Å². The summed E-state index contributed by atoms with van der Waals surface area (Å²) in [6.45, 7) is 4.80. The maximum absolute atomic E-state index is 5.49. The van der Waals surface area contributed by atoms with Gasteiger partial charge in [-0.15, -0.1) is 0 Å². The first-order valence-corrected chi connectivity index (χ1v) is 6.18. The van der Waals surface area contributed by atoms with E-state index in [9.17, 15) is 0 Å². The van der Waals surface area contributed by atoms with E-state index in [1.807, 2.05) is 7.05 Å². The van der Waals surface area contributed by atoms with E-state index in [-0.39, 0.29) is 0 Å². The van der Waals surface area contributed by atoms with Gasteiger partial charge in [0.1, 0.15) is 0 Å². The van der Waals surface area contributed by atoms with Crippen LogP contribution in [-0.4, -0.2) is 65.1 Å². The Labute approximate surface area is 99.3 Å². The second kappa shape index (κ2) is 8.01. The molecular formula is C12H26N2O2. The molecule has 0 saturated carbocycles. The molecule has 0 spiro atoms. The number of nitrogens with one attached hydrogen (secondary N) is 1. The first-order chi connectivity index (χ1) is 7.76. The molecular weight excluding hydrogens is 204 g/mol. The Hall–Kier alpha value is -0.160. The largest absolute Gasteiger partial charge is 0.383 e. The summed E-state index contributed by atoms with van der Waals surface area (Å²) in [6, 6.07) is 0.416. The minimum absolute atomic E-state index is 0.416. The van der Waals surface area contributed by atoms with Gasteiger partial charge in [0, 0.05) is 32.8 Å². The molecule has 0 aromatic heterocycles. The van der Waals surface area contributed by atoms with Crippen LogP contribution in [0.25, 0.3) is 0 Å². The van der Waals surface area contributed by atoms with Gasteiger partial charge in [-0.2, -0.15) is 0 Å². The molecule has 0 aromatic carbocycles. The van der Waals surface area contributed by atoms with Crippen molar-refractivity contribution in [2.45, 2.75) is 18.9 Å². The lowest BCUT2D eigenvalue weighted by molar-refractivity contribution is 0.0393. The average Bonchev–Trinajstić information content (AvgIpc) is 2.29. The van der Waals surface area contributed by atoms with Crippen LogP contribution >= 0.6 is 0 Å².